The molecule has 1 aromatic rings. The summed E-state index contributed by atoms with van der Waals surface area (Å²) in [5.74, 6) is -0.197. The van der Waals surface area contributed by atoms with Gasteiger partial charge < -0.3 is 15.2 Å². The van der Waals surface area contributed by atoms with Crippen LogP contribution in [0.15, 0.2) is 24.3 Å². The number of hydrogen-bond donors (Lipinski definition) is 2. The second-order valence-electron chi connectivity index (χ2n) is 4.27. The molecule has 21 heavy (non-hydrogen) atoms. The number of aliphatic carboxylic acids is 1. The summed E-state index contributed by atoms with van der Waals surface area (Å²) in [6.07, 6.45) is 2.36. The van der Waals surface area contributed by atoms with Gasteiger partial charge in [-0.1, -0.05) is 23.7 Å². The van der Waals surface area contributed by atoms with Gasteiger partial charge in [0.05, 0.1) is 18.1 Å². The van der Waals surface area contributed by atoms with E-state index in [4.69, 9.17) is 21.4 Å². The number of thioether (sulfide) groups is 1. The van der Waals surface area contributed by atoms with Crippen LogP contribution in [0.2, 0.25) is 5.02 Å². The predicted molar refractivity (Wildman–Crippen MR) is 84.1 cm³/mol. The van der Waals surface area contributed by atoms with E-state index >= 15 is 0 Å². The van der Waals surface area contributed by atoms with Gasteiger partial charge in [0.15, 0.2) is 0 Å². The fraction of sp³-hybridized carbons (Fsp3) is 0.429. The molecule has 7 heteroatoms. The molecule has 2 N–H and O–H groups in total. The maximum Gasteiger partial charge on any atom is 0.326 e. The van der Waals surface area contributed by atoms with Gasteiger partial charge in [-0.25, -0.2) is 4.79 Å². The Morgan fingerprint density at radius 3 is 2.76 bits per heavy atom. The summed E-state index contributed by atoms with van der Waals surface area (Å²) in [7, 11) is 0. The van der Waals surface area contributed by atoms with Crippen molar-refractivity contribution in [3.63, 3.8) is 0 Å². The standard InChI is InChI=1S/C14H18ClNO4S/c1-21-9-7-11(14(18)19)16-13(17)6-8-20-12-5-3-2-4-10(12)15/h2-5,11H,6-9H2,1H3,(H,16,17)(H,18,19)/t11-/m0/s1. The Morgan fingerprint density at radius 2 is 2.14 bits per heavy atom. The summed E-state index contributed by atoms with van der Waals surface area (Å²) >= 11 is 7.45. The second-order valence-corrected chi connectivity index (χ2v) is 5.66. The zero-order chi connectivity index (χ0) is 15.7. The average molecular weight is 332 g/mol. The number of carboxylic acids is 1. The van der Waals surface area contributed by atoms with Gasteiger partial charge in [-0.2, -0.15) is 11.8 Å². The van der Waals surface area contributed by atoms with Gasteiger partial charge in [0.25, 0.3) is 0 Å². The van der Waals surface area contributed by atoms with Gasteiger partial charge in [0, 0.05) is 0 Å². The van der Waals surface area contributed by atoms with Crippen LogP contribution in [0, 0.1) is 0 Å². The quantitative estimate of drug-likeness (QED) is 0.727. The lowest BCUT2D eigenvalue weighted by molar-refractivity contribution is -0.141. The molecule has 0 bridgehead atoms. The highest BCUT2D eigenvalue weighted by molar-refractivity contribution is 7.98. The molecule has 0 aliphatic heterocycles. The number of rotatable bonds is 9. The van der Waals surface area contributed by atoms with Crippen LogP contribution in [0.3, 0.4) is 0 Å². The van der Waals surface area contributed by atoms with E-state index in [0.29, 0.717) is 22.9 Å². The molecular weight excluding hydrogens is 314 g/mol. The molecule has 1 amide bonds. The number of para-hydroxylation sites is 1. The second kappa shape index (κ2) is 9.52. The van der Waals surface area contributed by atoms with Crippen LogP contribution >= 0.6 is 23.4 Å². The highest BCUT2D eigenvalue weighted by Gasteiger charge is 2.19. The van der Waals surface area contributed by atoms with Crippen molar-refractivity contribution in [2.24, 2.45) is 0 Å². The molecule has 5 nitrogen and oxygen atoms in total. The van der Waals surface area contributed by atoms with Crippen molar-refractivity contribution in [3.05, 3.63) is 29.3 Å². The van der Waals surface area contributed by atoms with E-state index in [2.05, 4.69) is 5.32 Å². The summed E-state index contributed by atoms with van der Waals surface area (Å²) in [4.78, 5) is 22.7. The number of halogens is 1. The summed E-state index contributed by atoms with van der Waals surface area (Å²) in [5.41, 5.74) is 0. The smallest absolute Gasteiger partial charge is 0.326 e. The predicted octanol–water partition coefficient (Wildman–Crippen LogP) is 2.43. The van der Waals surface area contributed by atoms with E-state index in [1.807, 2.05) is 6.26 Å². The molecular formula is C14H18ClNO4S. The molecule has 0 aliphatic carbocycles. The molecule has 0 aromatic heterocycles. The number of carbonyl (C=O) groups excluding carboxylic acids is 1. The number of ether oxygens (including phenoxy) is 1. The van der Waals surface area contributed by atoms with Crippen molar-refractivity contribution in [3.8, 4) is 5.75 Å². The van der Waals surface area contributed by atoms with Crippen molar-refractivity contribution in [1.29, 1.82) is 0 Å². The van der Waals surface area contributed by atoms with Crippen molar-refractivity contribution < 1.29 is 19.4 Å². The minimum atomic E-state index is -1.02. The van der Waals surface area contributed by atoms with E-state index in [9.17, 15) is 9.59 Å². The lowest BCUT2D eigenvalue weighted by Crippen LogP contribution is -2.41. The van der Waals surface area contributed by atoms with Gasteiger partial charge in [-0.05, 0) is 30.6 Å². The number of carbonyl (C=O) groups is 2. The van der Waals surface area contributed by atoms with Crippen molar-refractivity contribution in [2.45, 2.75) is 18.9 Å². The molecule has 1 aromatic carbocycles. The normalized spacial score (nSPS) is 11.7. The van der Waals surface area contributed by atoms with Crippen LogP contribution in [0.25, 0.3) is 0 Å². The fourth-order valence-corrected chi connectivity index (χ4v) is 2.24. The van der Waals surface area contributed by atoms with Gasteiger partial charge in [-0.3, -0.25) is 4.79 Å². The molecule has 0 spiro atoms. The average Bonchev–Trinajstić information content (AvgIpc) is 2.45. The number of hydrogen-bond acceptors (Lipinski definition) is 4. The lowest BCUT2D eigenvalue weighted by Gasteiger charge is -2.14. The fourth-order valence-electron chi connectivity index (χ4n) is 1.58. The Labute approximate surface area is 133 Å². The van der Waals surface area contributed by atoms with Crippen LogP contribution in [-0.2, 0) is 9.59 Å². The van der Waals surface area contributed by atoms with E-state index in [1.165, 1.54) is 11.8 Å². The molecule has 0 unspecified atom stereocenters. The molecule has 0 radical (unpaired) electrons. The molecule has 1 rings (SSSR count). The van der Waals surface area contributed by atoms with Crippen molar-refractivity contribution in [2.75, 3.05) is 18.6 Å². The monoisotopic (exact) mass is 331 g/mol. The van der Waals surface area contributed by atoms with Crippen molar-refractivity contribution >= 4 is 35.2 Å². The Morgan fingerprint density at radius 1 is 1.43 bits per heavy atom. The molecule has 0 saturated heterocycles. The van der Waals surface area contributed by atoms with E-state index in [-0.39, 0.29) is 18.9 Å². The minimum absolute atomic E-state index is 0.0776. The first-order valence-corrected chi connectivity index (χ1v) is 8.20. The molecule has 0 fully saturated rings. The molecule has 1 atom stereocenters. The first-order valence-electron chi connectivity index (χ1n) is 6.43. The number of benzene rings is 1. The van der Waals surface area contributed by atoms with Gasteiger partial charge in [-0.15, -0.1) is 0 Å². The highest BCUT2D eigenvalue weighted by Crippen LogP contribution is 2.22. The third-order valence-corrected chi connectivity index (χ3v) is 3.62. The molecule has 0 saturated carbocycles. The highest BCUT2D eigenvalue weighted by atomic mass is 35.5. The summed E-state index contributed by atoms with van der Waals surface area (Å²) in [5, 5.41) is 12.0. The summed E-state index contributed by atoms with van der Waals surface area (Å²) in [6, 6.07) is 6.11. The SMILES string of the molecule is CSCC[C@H](NC(=O)CCOc1ccccc1Cl)C(=O)O. The van der Waals surface area contributed by atoms with Crippen LogP contribution in [0.5, 0.6) is 5.75 Å². The zero-order valence-electron chi connectivity index (χ0n) is 11.7. The number of amides is 1. The zero-order valence-corrected chi connectivity index (χ0v) is 13.2. The Kier molecular flexibility index (Phi) is 8.00. The lowest BCUT2D eigenvalue weighted by atomic mass is 10.2. The Bertz CT molecular complexity index is 484. The van der Waals surface area contributed by atoms with Crippen LogP contribution in [0.1, 0.15) is 12.8 Å². The first kappa shape index (κ1) is 17.7. The molecule has 116 valence electrons. The summed E-state index contributed by atoms with van der Waals surface area (Å²) < 4.78 is 5.39. The van der Waals surface area contributed by atoms with Crippen LogP contribution in [0.4, 0.5) is 0 Å². The molecule has 0 heterocycles. The largest absolute Gasteiger partial charge is 0.491 e. The summed E-state index contributed by atoms with van der Waals surface area (Å²) in [6.45, 7) is 0.143. The maximum atomic E-state index is 11.7. The van der Waals surface area contributed by atoms with E-state index in [1.54, 1.807) is 24.3 Å². The Balaban J connectivity index is 2.36. The maximum absolute atomic E-state index is 11.7. The number of carboxylic acid groups (broad SMARTS) is 1. The van der Waals surface area contributed by atoms with Gasteiger partial charge >= 0.3 is 5.97 Å². The van der Waals surface area contributed by atoms with Gasteiger partial charge in [0.2, 0.25) is 5.91 Å². The minimum Gasteiger partial charge on any atom is -0.491 e. The van der Waals surface area contributed by atoms with Crippen LogP contribution < -0.4 is 10.1 Å². The third kappa shape index (κ3) is 6.73. The topological polar surface area (TPSA) is 75.6 Å². The molecule has 0 aliphatic rings. The van der Waals surface area contributed by atoms with E-state index < -0.39 is 12.0 Å². The first-order chi connectivity index (χ1) is 10.0. The van der Waals surface area contributed by atoms with E-state index in [0.717, 1.165) is 0 Å². The van der Waals surface area contributed by atoms with Gasteiger partial charge in [0.1, 0.15) is 11.8 Å². The van der Waals surface area contributed by atoms with Crippen LogP contribution in [-0.4, -0.2) is 41.6 Å². The number of nitrogens with one attached hydrogen (secondary N) is 1. The van der Waals surface area contributed by atoms with Crippen molar-refractivity contribution in [1.82, 2.24) is 5.32 Å². The third-order valence-electron chi connectivity index (χ3n) is 2.67. The Hall–Kier alpha value is -1.40.